The molecular formula is C14H13ClN2O2. The van der Waals surface area contributed by atoms with Gasteiger partial charge in [-0.3, -0.25) is 10.1 Å². The van der Waals surface area contributed by atoms with Crippen molar-refractivity contribution in [3.63, 3.8) is 0 Å². The fraction of sp³-hybridized carbons (Fsp3) is 0.357. The van der Waals surface area contributed by atoms with Crippen LogP contribution >= 0.6 is 11.6 Å². The molecule has 1 aromatic carbocycles. The number of halogens is 1. The van der Waals surface area contributed by atoms with Crippen LogP contribution in [0.5, 0.6) is 0 Å². The van der Waals surface area contributed by atoms with Gasteiger partial charge in [0.15, 0.2) is 0 Å². The summed E-state index contributed by atoms with van der Waals surface area (Å²) < 4.78 is 0. The number of nitro groups is 1. The number of aromatic nitrogens is 1. The summed E-state index contributed by atoms with van der Waals surface area (Å²) >= 11 is 6.36. The Bertz CT molecular complexity index is 640. The monoisotopic (exact) mass is 276 g/mol. The molecule has 0 aliphatic heterocycles. The lowest BCUT2D eigenvalue weighted by atomic mass is 10.0. The summed E-state index contributed by atoms with van der Waals surface area (Å²) in [4.78, 5) is 14.8. The first-order valence-corrected chi connectivity index (χ1v) is 6.75. The molecule has 5 heteroatoms. The lowest BCUT2D eigenvalue weighted by Gasteiger charge is -2.10. The van der Waals surface area contributed by atoms with Crippen molar-refractivity contribution in [1.82, 2.24) is 4.98 Å². The average Bonchev–Trinajstić information content (AvgIpc) is 3.23. The number of benzene rings is 1. The van der Waals surface area contributed by atoms with Crippen LogP contribution in [0.3, 0.4) is 0 Å². The first kappa shape index (κ1) is 12.4. The normalized spacial score (nSPS) is 16.5. The van der Waals surface area contributed by atoms with Gasteiger partial charge in [-0.2, -0.15) is 0 Å². The molecule has 0 spiro atoms. The van der Waals surface area contributed by atoms with E-state index in [1.54, 1.807) is 18.3 Å². The molecule has 0 N–H and O–H groups in total. The van der Waals surface area contributed by atoms with Crippen molar-refractivity contribution in [2.24, 2.45) is 5.92 Å². The molecule has 4 nitrogen and oxygen atoms in total. The van der Waals surface area contributed by atoms with E-state index in [-0.39, 0.29) is 11.1 Å². The Morgan fingerprint density at radius 1 is 1.42 bits per heavy atom. The van der Waals surface area contributed by atoms with Crippen LogP contribution in [0.4, 0.5) is 5.69 Å². The van der Waals surface area contributed by atoms with Crippen LogP contribution in [0.1, 0.15) is 18.4 Å². The topological polar surface area (TPSA) is 56.0 Å². The smallest absolute Gasteiger partial charge is 0.258 e. The van der Waals surface area contributed by atoms with Crippen LogP contribution in [0, 0.1) is 16.0 Å². The molecule has 0 saturated heterocycles. The highest BCUT2D eigenvalue weighted by Gasteiger charge is 2.30. The molecule has 0 amide bonds. The van der Waals surface area contributed by atoms with Gasteiger partial charge in [0.2, 0.25) is 0 Å². The SMILES string of the molecule is O=[N+]([O-])c1ccc(CC(Cl)C2CC2)c2cccnc12. The van der Waals surface area contributed by atoms with Crippen molar-refractivity contribution in [1.29, 1.82) is 0 Å². The molecule has 0 radical (unpaired) electrons. The van der Waals surface area contributed by atoms with Crippen molar-refractivity contribution < 1.29 is 4.92 Å². The van der Waals surface area contributed by atoms with Gasteiger partial charge in [0.25, 0.3) is 5.69 Å². The number of nitro benzene ring substituents is 1. The van der Waals surface area contributed by atoms with Crippen LogP contribution < -0.4 is 0 Å². The Morgan fingerprint density at radius 3 is 2.89 bits per heavy atom. The molecule has 1 heterocycles. The molecule has 1 atom stereocenters. The summed E-state index contributed by atoms with van der Waals surface area (Å²) in [5.41, 5.74) is 1.54. The zero-order valence-electron chi connectivity index (χ0n) is 10.3. The zero-order chi connectivity index (χ0) is 13.4. The van der Waals surface area contributed by atoms with Crippen LogP contribution in [-0.2, 0) is 6.42 Å². The number of hydrogen-bond donors (Lipinski definition) is 0. The number of rotatable bonds is 4. The second kappa shape index (κ2) is 4.78. The summed E-state index contributed by atoms with van der Waals surface area (Å²) in [5.74, 6) is 0.601. The number of pyridine rings is 1. The molecule has 1 aliphatic carbocycles. The molecule has 1 aliphatic rings. The summed E-state index contributed by atoms with van der Waals surface area (Å²) in [6.45, 7) is 0. The van der Waals surface area contributed by atoms with Gasteiger partial charge in [0, 0.05) is 23.0 Å². The Labute approximate surface area is 115 Å². The van der Waals surface area contributed by atoms with Gasteiger partial charge < -0.3 is 0 Å². The van der Waals surface area contributed by atoms with Gasteiger partial charge in [-0.1, -0.05) is 12.1 Å². The average molecular weight is 277 g/mol. The van der Waals surface area contributed by atoms with Crippen LogP contribution in [0.15, 0.2) is 30.5 Å². The van der Waals surface area contributed by atoms with Crippen molar-refractivity contribution in [3.05, 3.63) is 46.1 Å². The van der Waals surface area contributed by atoms with Crippen molar-refractivity contribution in [2.45, 2.75) is 24.6 Å². The Kier molecular flexibility index (Phi) is 3.11. The highest BCUT2D eigenvalue weighted by molar-refractivity contribution is 6.21. The number of non-ortho nitro benzene ring substituents is 1. The molecule has 1 saturated carbocycles. The second-order valence-corrected chi connectivity index (χ2v) is 5.52. The third kappa shape index (κ3) is 2.40. The molecule has 98 valence electrons. The van der Waals surface area contributed by atoms with E-state index in [0.29, 0.717) is 11.4 Å². The molecule has 19 heavy (non-hydrogen) atoms. The van der Waals surface area contributed by atoms with Crippen LogP contribution in [-0.4, -0.2) is 15.3 Å². The quantitative estimate of drug-likeness (QED) is 0.486. The Hall–Kier alpha value is -1.68. The van der Waals surface area contributed by atoms with Crippen LogP contribution in [0.2, 0.25) is 0 Å². The Balaban J connectivity index is 2.05. The molecule has 2 aromatic rings. The molecule has 0 bridgehead atoms. The summed E-state index contributed by atoms with van der Waals surface area (Å²) in [5, 5.41) is 12.0. The number of alkyl halides is 1. The number of nitrogens with zero attached hydrogens (tertiary/aromatic N) is 2. The zero-order valence-corrected chi connectivity index (χ0v) is 11.0. The van der Waals surface area contributed by atoms with Gasteiger partial charge in [-0.15, -0.1) is 11.6 Å². The van der Waals surface area contributed by atoms with E-state index in [1.165, 1.54) is 18.9 Å². The van der Waals surface area contributed by atoms with E-state index >= 15 is 0 Å². The van der Waals surface area contributed by atoms with E-state index in [4.69, 9.17) is 11.6 Å². The maximum atomic E-state index is 11.0. The first-order chi connectivity index (χ1) is 9.16. The van der Waals surface area contributed by atoms with Crippen molar-refractivity contribution >= 4 is 28.2 Å². The van der Waals surface area contributed by atoms with Crippen molar-refractivity contribution in [3.8, 4) is 0 Å². The Morgan fingerprint density at radius 2 is 2.21 bits per heavy atom. The minimum atomic E-state index is -0.391. The molecular weight excluding hydrogens is 264 g/mol. The fourth-order valence-corrected chi connectivity index (χ4v) is 2.79. The van der Waals surface area contributed by atoms with Crippen molar-refractivity contribution in [2.75, 3.05) is 0 Å². The number of fused-ring (bicyclic) bond motifs is 1. The lowest BCUT2D eigenvalue weighted by Crippen LogP contribution is -2.06. The van der Waals surface area contributed by atoms with E-state index in [2.05, 4.69) is 4.98 Å². The van der Waals surface area contributed by atoms with E-state index in [9.17, 15) is 10.1 Å². The molecule has 1 aromatic heterocycles. The number of hydrogen-bond acceptors (Lipinski definition) is 3. The summed E-state index contributed by atoms with van der Waals surface area (Å²) in [6.07, 6.45) is 4.71. The highest BCUT2D eigenvalue weighted by Crippen LogP contribution is 2.38. The maximum Gasteiger partial charge on any atom is 0.295 e. The van der Waals surface area contributed by atoms with Gasteiger partial charge in [0.05, 0.1) is 4.92 Å². The van der Waals surface area contributed by atoms with E-state index in [1.807, 2.05) is 6.07 Å². The third-order valence-electron chi connectivity index (χ3n) is 3.58. The van der Waals surface area contributed by atoms with Gasteiger partial charge >= 0.3 is 0 Å². The predicted molar refractivity (Wildman–Crippen MR) is 74.5 cm³/mol. The van der Waals surface area contributed by atoms with Gasteiger partial charge in [-0.05, 0) is 36.8 Å². The molecule has 1 unspecified atom stereocenters. The largest absolute Gasteiger partial charge is 0.295 e. The minimum absolute atomic E-state index is 0.0527. The standard InChI is InChI=1S/C14H13ClN2O2/c15-12(9-3-4-9)8-10-5-6-13(17(18)19)14-11(10)2-1-7-16-14/h1-2,5-7,9,12H,3-4,8H2. The van der Waals surface area contributed by atoms with Crippen LogP contribution in [0.25, 0.3) is 10.9 Å². The summed E-state index contributed by atoms with van der Waals surface area (Å²) in [7, 11) is 0. The molecule has 3 rings (SSSR count). The lowest BCUT2D eigenvalue weighted by molar-refractivity contribution is -0.383. The minimum Gasteiger partial charge on any atom is -0.258 e. The molecule has 1 fully saturated rings. The van der Waals surface area contributed by atoms with E-state index in [0.717, 1.165) is 17.4 Å². The predicted octanol–water partition coefficient (Wildman–Crippen LogP) is 3.70. The highest BCUT2D eigenvalue weighted by atomic mass is 35.5. The second-order valence-electron chi connectivity index (χ2n) is 4.96. The first-order valence-electron chi connectivity index (χ1n) is 6.32. The third-order valence-corrected chi connectivity index (χ3v) is 4.09. The summed E-state index contributed by atoms with van der Waals surface area (Å²) in [6, 6.07) is 7.01. The van der Waals surface area contributed by atoms with Gasteiger partial charge in [0.1, 0.15) is 5.52 Å². The maximum absolute atomic E-state index is 11.0. The fourth-order valence-electron chi connectivity index (χ4n) is 2.38. The van der Waals surface area contributed by atoms with E-state index < -0.39 is 4.92 Å². The van der Waals surface area contributed by atoms with Gasteiger partial charge in [-0.25, -0.2) is 4.98 Å².